The number of allylic oxidation sites excluding steroid dienone is 1. The Balaban J connectivity index is 1.31. The molecule has 0 aliphatic heterocycles. The number of hydrogen-bond acceptors (Lipinski definition) is 2. The minimum absolute atomic E-state index is 0.0522. The van der Waals surface area contributed by atoms with Crippen molar-refractivity contribution in [2.45, 2.75) is 163 Å². The molecule has 8 atom stereocenters. The van der Waals surface area contributed by atoms with E-state index in [0.29, 0.717) is 17.3 Å². The molecule has 0 amide bonds. The Kier molecular flexibility index (Phi) is 10.5. The third-order valence-corrected chi connectivity index (χ3v) is 12.3. The molecule has 38 heavy (non-hydrogen) atoms. The second-order valence-corrected chi connectivity index (χ2v) is 15.2. The standard InChI is InChI=1S/C36H62O2/c1-7-8-9-10-11-12-16-34(37)38-29-21-23-35(5)28(25-29)17-18-30-32-20-19-31(27(4)15-13-14-26(2)3)36(32,6)24-22-33(30)35/h17,26-27,29-33H,7-16,18-25H2,1-6H3. The summed E-state index contributed by atoms with van der Waals surface area (Å²) in [5, 5.41) is 0. The van der Waals surface area contributed by atoms with Gasteiger partial charge in [-0.15, -0.1) is 0 Å². The number of ether oxygens (including phenoxy) is 1. The first-order chi connectivity index (χ1) is 18.2. The van der Waals surface area contributed by atoms with Crippen molar-refractivity contribution in [3.05, 3.63) is 11.6 Å². The van der Waals surface area contributed by atoms with Gasteiger partial charge in [-0.05, 0) is 97.7 Å². The Morgan fingerprint density at radius 3 is 2.45 bits per heavy atom. The Morgan fingerprint density at radius 1 is 0.921 bits per heavy atom. The average molecular weight is 527 g/mol. The molecule has 0 aromatic rings. The van der Waals surface area contributed by atoms with Gasteiger partial charge >= 0.3 is 5.97 Å². The maximum absolute atomic E-state index is 12.6. The molecule has 4 aliphatic carbocycles. The highest BCUT2D eigenvalue weighted by Crippen LogP contribution is 2.67. The van der Waals surface area contributed by atoms with Crippen LogP contribution in [0.25, 0.3) is 0 Å². The van der Waals surface area contributed by atoms with Crippen LogP contribution in [0.5, 0.6) is 0 Å². The van der Waals surface area contributed by atoms with Crippen LogP contribution in [-0.4, -0.2) is 12.1 Å². The normalized spacial score (nSPS) is 37.2. The summed E-state index contributed by atoms with van der Waals surface area (Å²) < 4.78 is 6.04. The number of fused-ring (bicyclic) bond motifs is 5. The predicted molar refractivity (Wildman–Crippen MR) is 161 cm³/mol. The number of unbranched alkanes of at least 4 members (excludes halogenated alkanes) is 5. The molecule has 218 valence electrons. The minimum Gasteiger partial charge on any atom is -0.462 e. The fourth-order valence-corrected chi connectivity index (χ4v) is 10.0. The van der Waals surface area contributed by atoms with Crippen molar-refractivity contribution in [2.24, 2.45) is 46.3 Å². The summed E-state index contributed by atoms with van der Waals surface area (Å²) in [4.78, 5) is 12.6. The Hall–Kier alpha value is -0.790. The predicted octanol–water partition coefficient (Wildman–Crippen LogP) is 10.7. The summed E-state index contributed by atoms with van der Waals surface area (Å²) in [5.41, 5.74) is 2.54. The minimum atomic E-state index is 0.0522. The number of rotatable bonds is 13. The first kappa shape index (κ1) is 30.2. The van der Waals surface area contributed by atoms with Crippen molar-refractivity contribution in [1.82, 2.24) is 0 Å². The van der Waals surface area contributed by atoms with Crippen LogP contribution < -0.4 is 0 Å². The summed E-state index contributed by atoms with van der Waals surface area (Å²) in [7, 11) is 0. The van der Waals surface area contributed by atoms with Crippen molar-refractivity contribution in [1.29, 1.82) is 0 Å². The van der Waals surface area contributed by atoms with Crippen molar-refractivity contribution in [3.8, 4) is 0 Å². The van der Waals surface area contributed by atoms with Crippen molar-refractivity contribution < 1.29 is 9.53 Å². The van der Waals surface area contributed by atoms with Crippen LogP contribution in [0.1, 0.15) is 157 Å². The quantitative estimate of drug-likeness (QED) is 0.135. The largest absolute Gasteiger partial charge is 0.462 e. The molecule has 0 aromatic carbocycles. The van der Waals surface area contributed by atoms with E-state index < -0.39 is 0 Å². The molecule has 8 unspecified atom stereocenters. The maximum Gasteiger partial charge on any atom is 0.306 e. The summed E-state index contributed by atoms with van der Waals surface area (Å²) in [5.74, 6) is 5.34. The summed E-state index contributed by atoms with van der Waals surface area (Å²) in [6.45, 7) is 14.9. The SMILES string of the molecule is CCCCCCCCC(=O)OC1CCC2(C)C(=CCC3C2CCC2(C)C(C(C)CCCC(C)C)CCC32)C1. The first-order valence-electron chi connectivity index (χ1n) is 17.1. The summed E-state index contributed by atoms with van der Waals surface area (Å²) in [6, 6.07) is 0. The van der Waals surface area contributed by atoms with E-state index >= 15 is 0 Å². The molecule has 0 heterocycles. The lowest BCUT2D eigenvalue weighted by atomic mass is 9.47. The molecule has 4 aliphatic rings. The highest BCUT2D eigenvalue weighted by atomic mass is 16.5. The Labute approximate surface area is 236 Å². The second-order valence-electron chi connectivity index (χ2n) is 15.2. The van der Waals surface area contributed by atoms with E-state index in [4.69, 9.17) is 4.74 Å². The molecule has 3 fully saturated rings. The Morgan fingerprint density at radius 2 is 1.68 bits per heavy atom. The van der Waals surface area contributed by atoms with Gasteiger partial charge in [0.1, 0.15) is 6.10 Å². The smallest absolute Gasteiger partial charge is 0.306 e. The van der Waals surface area contributed by atoms with E-state index in [2.05, 4.69) is 47.6 Å². The van der Waals surface area contributed by atoms with E-state index in [0.717, 1.165) is 54.8 Å². The van der Waals surface area contributed by atoms with Gasteiger partial charge in [0.25, 0.3) is 0 Å². The van der Waals surface area contributed by atoms with Crippen LogP contribution in [0, 0.1) is 46.3 Å². The molecular formula is C36H62O2. The van der Waals surface area contributed by atoms with Crippen LogP contribution in [-0.2, 0) is 9.53 Å². The number of carbonyl (C=O) groups is 1. The molecule has 0 spiro atoms. The van der Waals surface area contributed by atoms with Gasteiger partial charge in [-0.25, -0.2) is 0 Å². The van der Waals surface area contributed by atoms with Crippen LogP contribution in [0.4, 0.5) is 0 Å². The molecule has 2 nitrogen and oxygen atoms in total. The van der Waals surface area contributed by atoms with Crippen LogP contribution in [0.15, 0.2) is 11.6 Å². The van der Waals surface area contributed by atoms with Gasteiger partial charge in [-0.2, -0.15) is 0 Å². The topological polar surface area (TPSA) is 26.3 Å². The van der Waals surface area contributed by atoms with Gasteiger partial charge < -0.3 is 4.74 Å². The highest BCUT2D eigenvalue weighted by molar-refractivity contribution is 5.69. The molecule has 3 saturated carbocycles. The zero-order valence-corrected chi connectivity index (χ0v) is 26.2. The number of esters is 1. The van der Waals surface area contributed by atoms with E-state index in [-0.39, 0.29) is 12.1 Å². The monoisotopic (exact) mass is 526 g/mol. The van der Waals surface area contributed by atoms with Gasteiger partial charge in [0.05, 0.1) is 0 Å². The van der Waals surface area contributed by atoms with Gasteiger partial charge in [-0.3, -0.25) is 4.79 Å². The molecule has 0 saturated heterocycles. The lowest BCUT2D eigenvalue weighted by molar-refractivity contribution is -0.151. The zero-order chi connectivity index (χ0) is 27.3. The lowest BCUT2D eigenvalue weighted by Gasteiger charge is -2.58. The summed E-state index contributed by atoms with van der Waals surface area (Å²) in [6.07, 6.45) is 25.3. The molecule has 2 heteroatoms. The van der Waals surface area contributed by atoms with Crippen LogP contribution in [0.2, 0.25) is 0 Å². The first-order valence-corrected chi connectivity index (χ1v) is 17.1. The number of hydrogen-bond donors (Lipinski definition) is 0. The third kappa shape index (κ3) is 6.57. The second kappa shape index (κ2) is 13.2. The van der Waals surface area contributed by atoms with Crippen LogP contribution in [0.3, 0.4) is 0 Å². The summed E-state index contributed by atoms with van der Waals surface area (Å²) >= 11 is 0. The van der Waals surface area contributed by atoms with Gasteiger partial charge in [0, 0.05) is 12.8 Å². The van der Waals surface area contributed by atoms with E-state index in [1.165, 1.54) is 89.9 Å². The van der Waals surface area contributed by atoms with E-state index in [1.54, 1.807) is 5.57 Å². The van der Waals surface area contributed by atoms with Gasteiger partial charge in [0.2, 0.25) is 0 Å². The van der Waals surface area contributed by atoms with Gasteiger partial charge in [0.15, 0.2) is 0 Å². The molecule has 0 radical (unpaired) electrons. The fraction of sp³-hybridized carbons (Fsp3) is 0.917. The molecule has 0 aromatic heterocycles. The van der Waals surface area contributed by atoms with Crippen molar-refractivity contribution >= 4 is 5.97 Å². The lowest BCUT2D eigenvalue weighted by Crippen LogP contribution is -2.51. The van der Waals surface area contributed by atoms with E-state index in [9.17, 15) is 4.79 Å². The fourth-order valence-electron chi connectivity index (χ4n) is 10.0. The maximum atomic E-state index is 12.6. The molecular weight excluding hydrogens is 464 g/mol. The molecule has 0 N–H and O–H groups in total. The van der Waals surface area contributed by atoms with E-state index in [1.807, 2.05) is 0 Å². The molecule has 0 bridgehead atoms. The van der Waals surface area contributed by atoms with Crippen molar-refractivity contribution in [3.63, 3.8) is 0 Å². The number of carbonyl (C=O) groups excluding carboxylic acids is 1. The Bertz CT molecular complexity index is 797. The highest BCUT2D eigenvalue weighted by Gasteiger charge is 2.59. The molecule has 4 rings (SSSR count). The van der Waals surface area contributed by atoms with Crippen molar-refractivity contribution in [2.75, 3.05) is 0 Å². The third-order valence-electron chi connectivity index (χ3n) is 12.3. The van der Waals surface area contributed by atoms with Crippen LogP contribution >= 0.6 is 0 Å². The van der Waals surface area contributed by atoms with Gasteiger partial charge in [-0.1, -0.05) is 105 Å². The zero-order valence-electron chi connectivity index (χ0n) is 26.2. The average Bonchev–Trinajstić information content (AvgIpc) is 3.23.